The zero-order valence-electron chi connectivity index (χ0n) is 9.55. The van der Waals surface area contributed by atoms with Crippen molar-refractivity contribution in [2.45, 2.75) is 51.5 Å². The molecule has 0 radical (unpaired) electrons. The summed E-state index contributed by atoms with van der Waals surface area (Å²) in [7, 11) is 0. The van der Waals surface area contributed by atoms with Gasteiger partial charge in [-0.15, -0.1) is 0 Å². The number of nitrogens with zero attached hydrogens (tertiary/aromatic N) is 1. The lowest BCUT2D eigenvalue weighted by Crippen LogP contribution is -2.41. The summed E-state index contributed by atoms with van der Waals surface area (Å²) in [5, 5.41) is 9.45. The first kappa shape index (κ1) is 10.4. The maximum atomic E-state index is 9.45. The summed E-state index contributed by atoms with van der Waals surface area (Å²) in [6, 6.07) is 0. The van der Waals surface area contributed by atoms with E-state index in [9.17, 15) is 5.11 Å². The van der Waals surface area contributed by atoms with Gasteiger partial charge in [-0.05, 0) is 44.1 Å². The number of rotatable bonds is 1. The summed E-state index contributed by atoms with van der Waals surface area (Å²) >= 11 is 0. The van der Waals surface area contributed by atoms with Crippen LogP contribution in [0.2, 0.25) is 0 Å². The Labute approximate surface area is 87.3 Å². The fourth-order valence-corrected chi connectivity index (χ4v) is 3.35. The van der Waals surface area contributed by atoms with Crippen LogP contribution in [0.5, 0.6) is 0 Å². The molecule has 2 heteroatoms. The van der Waals surface area contributed by atoms with Crippen LogP contribution in [0.25, 0.3) is 0 Å². The van der Waals surface area contributed by atoms with Gasteiger partial charge in [0.15, 0.2) is 0 Å². The third kappa shape index (κ3) is 1.40. The molecule has 2 saturated heterocycles. The molecule has 2 aliphatic heterocycles. The van der Waals surface area contributed by atoms with E-state index in [0.29, 0.717) is 12.0 Å². The number of aliphatic hydroxyl groups excluding tert-OH is 1. The highest BCUT2D eigenvalue weighted by atomic mass is 16.3. The second-order valence-electron chi connectivity index (χ2n) is 5.08. The number of aliphatic hydroxyl groups is 1. The van der Waals surface area contributed by atoms with Gasteiger partial charge in [0.05, 0.1) is 6.61 Å². The van der Waals surface area contributed by atoms with Crippen molar-refractivity contribution in [1.82, 2.24) is 4.90 Å². The van der Waals surface area contributed by atoms with Gasteiger partial charge in [0.2, 0.25) is 0 Å². The molecule has 1 spiro atoms. The minimum absolute atomic E-state index is 0.233. The highest BCUT2D eigenvalue weighted by molar-refractivity contribution is 5.13. The van der Waals surface area contributed by atoms with Gasteiger partial charge in [0.1, 0.15) is 0 Å². The Morgan fingerprint density at radius 3 is 2.43 bits per heavy atom. The fraction of sp³-hybridized carbons (Fsp3) is 1.00. The van der Waals surface area contributed by atoms with Gasteiger partial charge < -0.3 is 5.11 Å². The Bertz CT molecular complexity index is 212. The Morgan fingerprint density at radius 1 is 1.21 bits per heavy atom. The normalized spacial score (nSPS) is 37.9. The summed E-state index contributed by atoms with van der Waals surface area (Å²) in [6.45, 7) is 6.92. The van der Waals surface area contributed by atoms with E-state index in [1.54, 1.807) is 0 Å². The van der Waals surface area contributed by atoms with Gasteiger partial charge in [-0.2, -0.15) is 0 Å². The van der Waals surface area contributed by atoms with Crippen molar-refractivity contribution in [3.63, 3.8) is 0 Å². The minimum atomic E-state index is 0.233. The third-order valence-electron chi connectivity index (χ3n) is 4.22. The Morgan fingerprint density at radius 2 is 1.93 bits per heavy atom. The van der Waals surface area contributed by atoms with Crippen LogP contribution < -0.4 is 0 Å². The van der Waals surface area contributed by atoms with E-state index < -0.39 is 0 Å². The Kier molecular flexibility index (Phi) is 2.61. The second kappa shape index (κ2) is 3.49. The quantitative estimate of drug-likeness (QED) is 0.695. The lowest BCUT2D eigenvalue weighted by Gasteiger charge is -2.29. The van der Waals surface area contributed by atoms with Crippen LogP contribution in [0, 0.1) is 5.41 Å². The van der Waals surface area contributed by atoms with Gasteiger partial charge in [0.25, 0.3) is 0 Å². The largest absolute Gasteiger partial charge is 0.394 e. The third-order valence-corrected chi connectivity index (χ3v) is 4.22. The molecular formula is C12H23NO. The molecule has 3 rings (SSSR count). The molecule has 14 heavy (non-hydrogen) atoms. The molecule has 0 aromatic rings. The number of hydrogen-bond donors (Lipinski definition) is 1. The first-order valence-electron chi connectivity index (χ1n) is 6.15. The van der Waals surface area contributed by atoms with Crippen LogP contribution in [0.15, 0.2) is 0 Å². The molecule has 2 heterocycles. The molecule has 1 saturated carbocycles. The van der Waals surface area contributed by atoms with E-state index >= 15 is 0 Å². The standard InChI is InChI=1S/C10H17NO.C2H6/c12-8-10-2-1-5-11(10)7-9(6-10)3-4-9;1-2/h12H,1-8H2;1-2H3. The summed E-state index contributed by atoms with van der Waals surface area (Å²) < 4.78 is 0. The van der Waals surface area contributed by atoms with Crippen LogP contribution >= 0.6 is 0 Å². The first-order chi connectivity index (χ1) is 6.79. The highest BCUT2D eigenvalue weighted by Crippen LogP contribution is 2.60. The van der Waals surface area contributed by atoms with Crippen LogP contribution in [-0.2, 0) is 0 Å². The molecule has 1 unspecified atom stereocenters. The van der Waals surface area contributed by atoms with Crippen molar-refractivity contribution in [3.05, 3.63) is 0 Å². The van der Waals surface area contributed by atoms with Crippen LogP contribution in [0.1, 0.15) is 46.0 Å². The lowest BCUT2D eigenvalue weighted by atomic mass is 9.89. The fourth-order valence-electron chi connectivity index (χ4n) is 3.35. The van der Waals surface area contributed by atoms with Crippen molar-refractivity contribution in [3.8, 4) is 0 Å². The summed E-state index contributed by atoms with van der Waals surface area (Å²) in [6.07, 6.45) is 6.68. The zero-order valence-corrected chi connectivity index (χ0v) is 9.55. The summed E-state index contributed by atoms with van der Waals surface area (Å²) in [5.41, 5.74) is 0.902. The highest BCUT2D eigenvalue weighted by Gasteiger charge is 2.59. The number of hydrogen-bond acceptors (Lipinski definition) is 2. The first-order valence-corrected chi connectivity index (χ1v) is 6.15. The van der Waals surface area contributed by atoms with E-state index in [2.05, 4.69) is 4.90 Å². The predicted octanol–water partition coefficient (Wildman–Crippen LogP) is 2.02. The Hall–Kier alpha value is -0.0800. The average molecular weight is 197 g/mol. The van der Waals surface area contributed by atoms with Gasteiger partial charge in [0, 0.05) is 12.1 Å². The molecule has 1 N–H and O–H groups in total. The maximum absolute atomic E-state index is 9.45. The lowest BCUT2D eigenvalue weighted by molar-refractivity contribution is 0.0997. The molecule has 0 aromatic heterocycles. The summed E-state index contributed by atoms with van der Waals surface area (Å²) in [5.74, 6) is 0. The predicted molar refractivity (Wildman–Crippen MR) is 58.3 cm³/mol. The molecule has 0 aromatic carbocycles. The molecule has 1 aliphatic carbocycles. The van der Waals surface area contributed by atoms with Gasteiger partial charge in [-0.1, -0.05) is 13.8 Å². The average Bonchev–Trinajstić information content (AvgIpc) is 2.71. The molecule has 82 valence electrons. The van der Waals surface area contributed by atoms with Crippen LogP contribution in [0.4, 0.5) is 0 Å². The van der Waals surface area contributed by atoms with E-state index in [1.807, 2.05) is 13.8 Å². The van der Waals surface area contributed by atoms with Gasteiger partial charge in [-0.3, -0.25) is 4.90 Å². The van der Waals surface area contributed by atoms with E-state index in [4.69, 9.17) is 0 Å². The molecule has 1 atom stereocenters. The van der Waals surface area contributed by atoms with Crippen molar-refractivity contribution in [2.75, 3.05) is 19.7 Å². The van der Waals surface area contributed by atoms with Crippen LogP contribution in [-0.4, -0.2) is 35.2 Å². The SMILES string of the molecule is CC.OCC12CCCN1CC1(CC1)C2. The number of fused-ring (bicyclic) bond motifs is 1. The van der Waals surface area contributed by atoms with E-state index in [0.717, 1.165) is 0 Å². The molecule has 0 amide bonds. The molecule has 0 bridgehead atoms. The zero-order chi connectivity index (χ0) is 10.2. The second-order valence-corrected chi connectivity index (χ2v) is 5.08. The molecular weight excluding hydrogens is 174 g/mol. The van der Waals surface area contributed by atoms with E-state index in [-0.39, 0.29) is 5.54 Å². The van der Waals surface area contributed by atoms with E-state index in [1.165, 1.54) is 45.2 Å². The topological polar surface area (TPSA) is 23.5 Å². The van der Waals surface area contributed by atoms with Crippen molar-refractivity contribution in [1.29, 1.82) is 0 Å². The van der Waals surface area contributed by atoms with Gasteiger partial charge in [-0.25, -0.2) is 0 Å². The smallest absolute Gasteiger partial charge is 0.0615 e. The van der Waals surface area contributed by atoms with Crippen LogP contribution in [0.3, 0.4) is 0 Å². The monoisotopic (exact) mass is 197 g/mol. The molecule has 3 aliphatic rings. The van der Waals surface area contributed by atoms with Crippen molar-refractivity contribution < 1.29 is 5.11 Å². The molecule has 3 fully saturated rings. The van der Waals surface area contributed by atoms with Crippen molar-refractivity contribution >= 4 is 0 Å². The van der Waals surface area contributed by atoms with Gasteiger partial charge >= 0.3 is 0 Å². The Balaban J connectivity index is 0.000000354. The van der Waals surface area contributed by atoms with Crippen molar-refractivity contribution in [2.24, 2.45) is 5.41 Å². The molecule has 2 nitrogen and oxygen atoms in total. The summed E-state index contributed by atoms with van der Waals surface area (Å²) in [4.78, 5) is 2.56. The maximum Gasteiger partial charge on any atom is 0.0615 e. The minimum Gasteiger partial charge on any atom is -0.394 e.